The number of hydrogen-bond donors (Lipinski definition) is 2. The zero-order chi connectivity index (χ0) is 18.1. The molecule has 5 rings (SSSR count). The van der Waals surface area contributed by atoms with Crippen LogP contribution < -0.4 is 5.73 Å². The lowest BCUT2D eigenvalue weighted by atomic mass is 9.57. The van der Waals surface area contributed by atoms with Crippen molar-refractivity contribution < 1.29 is 14.7 Å². The molecule has 4 aliphatic rings. The van der Waals surface area contributed by atoms with Crippen molar-refractivity contribution in [3.05, 3.63) is 40.1 Å². The number of phenols is 1. The van der Waals surface area contributed by atoms with Crippen molar-refractivity contribution in [2.45, 2.75) is 50.4 Å². The Morgan fingerprint density at radius 1 is 1.31 bits per heavy atom. The molecule has 2 saturated carbocycles. The van der Waals surface area contributed by atoms with Crippen molar-refractivity contribution in [1.82, 2.24) is 4.90 Å². The minimum atomic E-state index is -0.619. The minimum Gasteiger partial charge on any atom is -0.507 e. The largest absolute Gasteiger partial charge is 0.507 e. The number of fused-ring (bicyclic) bond motifs is 1. The van der Waals surface area contributed by atoms with Crippen LogP contribution in [0.3, 0.4) is 0 Å². The number of carbonyl (C=O) groups excluding carboxylic acids is 2. The van der Waals surface area contributed by atoms with Gasteiger partial charge in [0.2, 0.25) is 0 Å². The lowest BCUT2D eigenvalue weighted by Gasteiger charge is -2.52. The Morgan fingerprint density at radius 3 is 2.85 bits per heavy atom. The summed E-state index contributed by atoms with van der Waals surface area (Å²) in [4.78, 5) is 26.7. The quantitative estimate of drug-likeness (QED) is 0.875. The molecule has 0 aromatic heterocycles. The van der Waals surface area contributed by atoms with Crippen LogP contribution in [0.2, 0.25) is 0 Å². The van der Waals surface area contributed by atoms with Crippen LogP contribution in [0, 0.1) is 5.92 Å². The van der Waals surface area contributed by atoms with Gasteiger partial charge in [-0.3, -0.25) is 9.59 Å². The molecule has 2 bridgehead atoms. The summed E-state index contributed by atoms with van der Waals surface area (Å²) in [6.45, 7) is 2.03. The molecule has 1 aliphatic heterocycles. The fourth-order valence-electron chi connectivity index (χ4n) is 5.44. The predicted octanol–water partition coefficient (Wildman–Crippen LogP) is 2.41. The maximum Gasteiger partial charge on any atom is 0.252 e. The second kappa shape index (κ2) is 5.35. The minimum absolute atomic E-state index is 0.00288. The van der Waals surface area contributed by atoms with Gasteiger partial charge in [-0.2, -0.15) is 0 Å². The van der Waals surface area contributed by atoms with Crippen LogP contribution >= 0.6 is 0 Å². The summed E-state index contributed by atoms with van der Waals surface area (Å²) in [5, 5.41) is 10.9. The second-order valence-electron chi connectivity index (χ2n) is 8.40. The fourth-order valence-corrected chi connectivity index (χ4v) is 5.44. The molecular weight excluding hydrogens is 328 g/mol. The fraction of sp³-hybridized carbons (Fsp3) is 0.524. The van der Waals surface area contributed by atoms with Crippen LogP contribution in [0.25, 0.3) is 0 Å². The van der Waals surface area contributed by atoms with Crippen molar-refractivity contribution in [3.63, 3.8) is 0 Å². The number of allylic oxidation sites excluding steroid dienone is 2. The molecule has 0 saturated heterocycles. The SMILES string of the molecule is NC(=O)c1ccc2c(c1O)[C@]13CCN(CC4CC4)C(=C1CCC(=O)C3)C2. The maximum absolute atomic E-state index is 12.4. The van der Waals surface area contributed by atoms with Gasteiger partial charge in [-0.15, -0.1) is 0 Å². The Kier molecular flexibility index (Phi) is 3.27. The summed E-state index contributed by atoms with van der Waals surface area (Å²) in [7, 11) is 0. The van der Waals surface area contributed by atoms with E-state index in [-0.39, 0.29) is 17.1 Å². The van der Waals surface area contributed by atoms with E-state index in [1.807, 2.05) is 6.07 Å². The molecule has 3 aliphatic carbocycles. The van der Waals surface area contributed by atoms with Gasteiger partial charge in [0.05, 0.1) is 5.56 Å². The molecule has 3 N–H and O–H groups in total. The number of nitrogens with two attached hydrogens (primary N) is 1. The molecule has 1 aromatic carbocycles. The number of aromatic hydroxyl groups is 1. The van der Waals surface area contributed by atoms with Crippen LogP contribution in [0.4, 0.5) is 0 Å². The number of amides is 1. The first-order valence-corrected chi connectivity index (χ1v) is 9.64. The van der Waals surface area contributed by atoms with Gasteiger partial charge in [-0.25, -0.2) is 0 Å². The van der Waals surface area contributed by atoms with Crippen LogP contribution in [0.5, 0.6) is 5.75 Å². The standard InChI is InChI=1S/C21H24N2O3/c22-20(26)15-5-3-13-9-17-16-6-4-14(24)10-21(16,18(13)19(15)25)7-8-23(17)11-12-1-2-12/h3,5,12,25H,1-2,4,6-11H2,(H2,22,26)/t21-/m0/s1. The van der Waals surface area contributed by atoms with E-state index in [2.05, 4.69) is 4.90 Å². The maximum atomic E-state index is 12.4. The lowest BCUT2D eigenvalue weighted by molar-refractivity contribution is -0.121. The van der Waals surface area contributed by atoms with Gasteiger partial charge in [-0.1, -0.05) is 6.07 Å². The van der Waals surface area contributed by atoms with Crippen molar-refractivity contribution in [1.29, 1.82) is 0 Å². The number of ketones is 1. The molecule has 26 heavy (non-hydrogen) atoms. The number of primary amides is 1. The predicted molar refractivity (Wildman–Crippen MR) is 96.8 cm³/mol. The molecule has 2 fully saturated rings. The van der Waals surface area contributed by atoms with Gasteiger partial charge in [0.1, 0.15) is 11.5 Å². The van der Waals surface area contributed by atoms with Crippen LogP contribution in [-0.4, -0.2) is 34.8 Å². The van der Waals surface area contributed by atoms with Gasteiger partial charge in [-0.05, 0) is 48.8 Å². The lowest BCUT2D eigenvalue weighted by Crippen LogP contribution is -2.49. The first kappa shape index (κ1) is 15.9. The molecule has 1 heterocycles. The Balaban J connectivity index is 1.69. The Morgan fingerprint density at radius 2 is 2.12 bits per heavy atom. The highest BCUT2D eigenvalue weighted by Gasteiger charge is 2.51. The summed E-state index contributed by atoms with van der Waals surface area (Å²) in [6.07, 6.45) is 6.04. The highest BCUT2D eigenvalue weighted by atomic mass is 16.3. The number of rotatable bonds is 3. The zero-order valence-corrected chi connectivity index (χ0v) is 14.9. The van der Waals surface area contributed by atoms with E-state index < -0.39 is 11.3 Å². The smallest absolute Gasteiger partial charge is 0.252 e. The normalized spacial score (nSPS) is 27.2. The van der Waals surface area contributed by atoms with E-state index in [0.29, 0.717) is 12.8 Å². The second-order valence-corrected chi connectivity index (χ2v) is 8.40. The van der Waals surface area contributed by atoms with E-state index in [9.17, 15) is 14.7 Å². The van der Waals surface area contributed by atoms with E-state index in [1.54, 1.807) is 6.07 Å². The first-order chi connectivity index (χ1) is 12.5. The third-order valence-electron chi connectivity index (χ3n) is 6.81. The zero-order valence-electron chi connectivity index (χ0n) is 14.9. The van der Waals surface area contributed by atoms with Gasteiger partial charge < -0.3 is 15.7 Å². The van der Waals surface area contributed by atoms with Gasteiger partial charge in [0.25, 0.3) is 5.91 Å². The monoisotopic (exact) mass is 352 g/mol. The third-order valence-corrected chi connectivity index (χ3v) is 6.81. The average Bonchev–Trinajstić information content (AvgIpc) is 3.40. The summed E-state index contributed by atoms with van der Waals surface area (Å²) in [5.74, 6) is 0.441. The van der Waals surface area contributed by atoms with Gasteiger partial charge in [0.15, 0.2) is 0 Å². The molecule has 1 amide bonds. The van der Waals surface area contributed by atoms with E-state index in [0.717, 1.165) is 49.4 Å². The molecule has 5 heteroatoms. The van der Waals surface area contributed by atoms with E-state index in [4.69, 9.17) is 5.73 Å². The Hall–Kier alpha value is -2.30. The molecule has 136 valence electrons. The molecule has 5 nitrogen and oxygen atoms in total. The molecular formula is C21H24N2O3. The van der Waals surface area contributed by atoms with Crippen molar-refractivity contribution >= 4 is 11.7 Å². The Labute approximate surface area is 152 Å². The van der Waals surface area contributed by atoms with Gasteiger partial charge >= 0.3 is 0 Å². The third kappa shape index (κ3) is 2.15. The summed E-state index contributed by atoms with van der Waals surface area (Å²) in [5.41, 5.74) is 9.73. The number of benzene rings is 1. The van der Waals surface area contributed by atoms with Crippen LogP contribution in [0.1, 0.15) is 60.0 Å². The summed E-state index contributed by atoms with van der Waals surface area (Å²) in [6, 6.07) is 3.55. The summed E-state index contributed by atoms with van der Waals surface area (Å²) >= 11 is 0. The van der Waals surface area contributed by atoms with E-state index in [1.165, 1.54) is 24.1 Å². The number of hydrogen-bond acceptors (Lipinski definition) is 4. The molecule has 0 unspecified atom stereocenters. The number of carbonyl (C=O) groups is 2. The molecule has 0 spiro atoms. The van der Waals surface area contributed by atoms with Crippen molar-refractivity contribution in [2.75, 3.05) is 13.1 Å². The first-order valence-electron chi connectivity index (χ1n) is 9.64. The van der Waals surface area contributed by atoms with Crippen LogP contribution in [0.15, 0.2) is 23.4 Å². The number of Topliss-reactive ketones (excluding diaryl/α,β-unsaturated/α-hetero) is 1. The van der Waals surface area contributed by atoms with E-state index >= 15 is 0 Å². The highest BCUT2D eigenvalue weighted by Crippen LogP contribution is 2.56. The highest BCUT2D eigenvalue weighted by molar-refractivity contribution is 5.97. The van der Waals surface area contributed by atoms with Crippen molar-refractivity contribution in [3.8, 4) is 5.75 Å². The molecule has 1 atom stereocenters. The number of nitrogens with zero attached hydrogens (tertiary/aromatic N) is 1. The van der Waals surface area contributed by atoms with Gasteiger partial charge in [0, 0.05) is 49.0 Å². The average molecular weight is 352 g/mol. The van der Waals surface area contributed by atoms with Crippen molar-refractivity contribution in [2.24, 2.45) is 11.7 Å². The topological polar surface area (TPSA) is 83.6 Å². The summed E-state index contributed by atoms with van der Waals surface area (Å²) < 4.78 is 0. The Bertz CT molecular complexity index is 868. The molecule has 0 radical (unpaired) electrons. The van der Waals surface area contributed by atoms with Crippen LogP contribution in [-0.2, 0) is 16.6 Å². The molecule has 1 aromatic rings.